The van der Waals surface area contributed by atoms with E-state index in [2.05, 4.69) is 5.32 Å². The number of carboxylic acid groups (broad SMARTS) is 1. The van der Waals surface area contributed by atoms with Crippen molar-refractivity contribution in [1.82, 2.24) is 5.32 Å². The predicted molar refractivity (Wildman–Crippen MR) is 78.4 cm³/mol. The van der Waals surface area contributed by atoms with Crippen LogP contribution in [0.2, 0.25) is 5.02 Å². The van der Waals surface area contributed by atoms with Gasteiger partial charge in [-0.1, -0.05) is 31.5 Å². The summed E-state index contributed by atoms with van der Waals surface area (Å²) in [7, 11) is 1.48. The van der Waals surface area contributed by atoms with E-state index in [0.29, 0.717) is 16.3 Å². The fraction of sp³-hybridized carbons (Fsp3) is 0.467. The molecule has 2 rings (SSSR count). The molecule has 2 unspecified atom stereocenters. The molecule has 0 aliphatic heterocycles. The SMILES string of the molecule is COc1ccc(C(NC(=O)C2CC2(C)C)C(=O)O)cc1Cl. The largest absolute Gasteiger partial charge is 0.495 e. The van der Waals surface area contributed by atoms with Crippen LogP contribution in [0.25, 0.3) is 0 Å². The molecule has 21 heavy (non-hydrogen) atoms. The first-order chi connectivity index (χ1) is 9.76. The predicted octanol–water partition coefficient (Wildman–Crippen LogP) is 2.64. The average Bonchev–Trinajstić information content (AvgIpc) is 3.04. The number of methoxy groups -OCH3 is 1. The van der Waals surface area contributed by atoms with Crippen molar-refractivity contribution in [3.63, 3.8) is 0 Å². The highest BCUT2D eigenvalue weighted by atomic mass is 35.5. The third-order valence-corrected chi connectivity index (χ3v) is 4.17. The molecular weight excluding hydrogens is 294 g/mol. The summed E-state index contributed by atoms with van der Waals surface area (Å²) in [4.78, 5) is 23.5. The lowest BCUT2D eigenvalue weighted by Gasteiger charge is -2.16. The zero-order valence-corrected chi connectivity index (χ0v) is 12.9. The number of halogens is 1. The Hall–Kier alpha value is -1.75. The highest BCUT2D eigenvalue weighted by molar-refractivity contribution is 6.32. The number of rotatable bonds is 5. The van der Waals surface area contributed by atoms with Gasteiger partial charge < -0.3 is 15.2 Å². The van der Waals surface area contributed by atoms with E-state index in [0.717, 1.165) is 6.42 Å². The molecule has 0 saturated heterocycles. The van der Waals surface area contributed by atoms with Crippen LogP contribution >= 0.6 is 11.6 Å². The second-order valence-corrected chi connectivity index (χ2v) is 6.33. The van der Waals surface area contributed by atoms with Crippen molar-refractivity contribution in [2.45, 2.75) is 26.3 Å². The fourth-order valence-corrected chi connectivity index (χ4v) is 2.57. The van der Waals surface area contributed by atoms with Gasteiger partial charge >= 0.3 is 5.97 Å². The maximum absolute atomic E-state index is 12.1. The Kier molecular flexibility index (Phi) is 4.14. The Bertz CT molecular complexity index is 585. The van der Waals surface area contributed by atoms with Gasteiger partial charge in [-0.15, -0.1) is 0 Å². The smallest absolute Gasteiger partial charge is 0.330 e. The van der Waals surface area contributed by atoms with Gasteiger partial charge in [-0.05, 0) is 29.5 Å². The molecule has 114 valence electrons. The van der Waals surface area contributed by atoms with Crippen molar-refractivity contribution in [3.8, 4) is 5.75 Å². The van der Waals surface area contributed by atoms with E-state index in [4.69, 9.17) is 16.3 Å². The average molecular weight is 312 g/mol. The van der Waals surface area contributed by atoms with Crippen LogP contribution in [0.3, 0.4) is 0 Å². The van der Waals surface area contributed by atoms with Crippen molar-refractivity contribution in [1.29, 1.82) is 0 Å². The summed E-state index contributed by atoms with van der Waals surface area (Å²) in [5, 5.41) is 12.2. The van der Waals surface area contributed by atoms with Crippen LogP contribution in [0.1, 0.15) is 31.9 Å². The first-order valence-electron chi connectivity index (χ1n) is 6.63. The van der Waals surface area contributed by atoms with Gasteiger partial charge in [0, 0.05) is 5.92 Å². The zero-order valence-electron chi connectivity index (χ0n) is 12.1. The first kappa shape index (κ1) is 15.6. The Morgan fingerprint density at radius 1 is 1.48 bits per heavy atom. The molecule has 0 radical (unpaired) electrons. The van der Waals surface area contributed by atoms with Gasteiger partial charge in [0.15, 0.2) is 6.04 Å². The molecule has 5 nitrogen and oxygen atoms in total. The molecule has 0 heterocycles. The summed E-state index contributed by atoms with van der Waals surface area (Å²) < 4.78 is 5.03. The molecule has 1 amide bonds. The number of hydrogen-bond acceptors (Lipinski definition) is 3. The summed E-state index contributed by atoms with van der Waals surface area (Å²) in [6, 6.07) is 3.55. The van der Waals surface area contributed by atoms with E-state index in [-0.39, 0.29) is 17.2 Å². The minimum atomic E-state index is -1.12. The van der Waals surface area contributed by atoms with Crippen LogP contribution in [0.4, 0.5) is 0 Å². The topological polar surface area (TPSA) is 75.6 Å². The summed E-state index contributed by atoms with van der Waals surface area (Å²) in [5.41, 5.74) is 0.366. The summed E-state index contributed by atoms with van der Waals surface area (Å²) in [6.07, 6.45) is 0.772. The monoisotopic (exact) mass is 311 g/mol. The van der Waals surface area contributed by atoms with Crippen LogP contribution < -0.4 is 10.1 Å². The lowest BCUT2D eigenvalue weighted by molar-refractivity contribution is -0.142. The molecule has 0 aromatic heterocycles. The lowest BCUT2D eigenvalue weighted by Crippen LogP contribution is -2.35. The lowest BCUT2D eigenvalue weighted by atomic mass is 10.1. The van der Waals surface area contributed by atoms with Gasteiger partial charge in [-0.2, -0.15) is 0 Å². The number of carbonyl (C=O) groups excluding carboxylic acids is 1. The maximum atomic E-state index is 12.1. The van der Waals surface area contributed by atoms with E-state index in [1.165, 1.54) is 13.2 Å². The number of carbonyl (C=O) groups is 2. The minimum Gasteiger partial charge on any atom is -0.495 e. The zero-order chi connectivity index (χ0) is 15.8. The van der Waals surface area contributed by atoms with Gasteiger partial charge in [0.25, 0.3) is 0 Å². The molecule has 1 aliphatic carbocycles. The molecule has 1 aromatic carbocycles. The third kappa shape index (κ3) is 3.29. The van der Waals surface area contributed by atoms with E-state index < -0.39 is 12.0 Å². The Morgan fingerprint density at radius 2 is 2.10 bits per heavy atom. The number of amides is 1. The quantitative estimate of drug-likeness (QED) is 0.876. The van der Waals surface area contributed by atoms with Crippen LogP contribution in [0.15, 0.2) is 18.2 Å². The molecular formula is C15H18ClNO4. The highest BCUT2D eigenvalue weighted by Gasteiger charge is 2.51. The van der Waals surface area contributed by atoms with Gasteiger partial charge in [0.05, 0.1) is 12.1 Å². The Morgan fingerprint density at radius 3 is 2.52 bits per heavy atom. The van der Waals surface area contributed by atoms with Crippen molar-refractivity contribution < 1.29 is 19.4 Å². The number of nitrogens with one attached hydrogen (secondary N) is 1. The second-order valence-electron chi connectivity index (χ2n) is 5.92. The number of hydrogen-bond donors (Lipinski definition) is 2. The van der Waals surface area contributed by atoms with Gasteiger partial charge in [-0.3, -0.25) is 4.79 Å². The van der Waals surface area contributed by atoms with Crippen LogP contribution in [-0.2, 0) is 9.59 Å². The maximum Gasteiger partial charge on any atom is 0.330 e. The molecule has 0 spiro atoms. The minimum absolute atomic E-state index is 0.0509. The number of benzene rings is 1. The van der Waals surface area contributed by atoms with Crippen LogP contribution in [-0.4, -0.2) is 24.1 Å². The molecule has 2 atom stereocenters. The molecule has 1 saturated carbocycles. The van der Waals surface area contributed by atoms with Crippen molar-refractivity contribution >= 4 is 23.5 Å². The van der Waals surface area contributed by atoms with Crippen molar-refractivity contribution in [3.05, 3.63) is 28.8 Å². The highest BCUT2D eigenvalue weighted by Crippen LogP contribution is 2.51. The van der Waals surface area contributed by atoms with Crippen molar-refractivity contribution in [2.75, 3.05) is 7.11 Å². The third-order valence-electron chi connectivity index (χ3n) is 3.87. The normalized spacial score (nSPS) is 20.5. The van der Waals surface area contributed by atoms with Gasteiger partial charge in [0.2, 0.25) is 5.91 Å². The Balaban J connectivity index is 2.18. The first-order valence-corrected chi connectivity index (χ1v) is 7.00. The fourth-order valence-electron chi connectivity index (χ4n) is 2.31. The van der Waals surface area contributed by atoms with Crippen molar-refractivity contribution in [2.24, 2.45) is 11.3 Å². The van der Waals surface area contributed by atoms with Crippen LogP contribution in [0.5, 0.6) is 5.75 Å². The van der Waals surface area contributed by atoms with E-state index in [1.54, 1.807) is 12.1 Å². The number of ether oxygens (including phenoxy) is 1. The molecule has 1 aromatic rings. The molecule has 1 aliphatic rings. The van der Waals surface area contributed by atoms with E-state index in [9.17, 15) is 14.7 Å². The summed E-state index contributed by atoms with van der Waals surface area (Å²) in [6.45, 7) is 3.97. The standard InChI is InChI=1S/C15H18ClNO4/c1-15(2)7-9(15)13(18)17-12(14(19)20)8-4-5-11(21-3)10(16)6-8/h4-6,9,12H,7H2,1-3H3,(H,17,18)(H,19,20). The number of carboxylic acids is 1. The second kappa shape index (κ2) is 5.56. The molecule has 2 N–H and O–H groups in total. The van der Waals surface area contributed by atoms with Gasteiger partial charge in [0.1, 0.15) is 5.75 Å². The summed E-state index contributed by atoms with van der Waals surface area (Å²) in [5.74, 6) is -1.03. The molecule has 1 fully saturated rings. The van der Waals surface area contributed by atoms with Gasteiger partial charge in [-0.25, -0.2) is 4.79 Å². The van der Waals surface area contributed by atoms with E-state index >= 15 is 0 Å². The van der Waals surface area contributed by atoms with E-state index in [1.807, 2.05) is 13.8 Å². The Labute approximate surface area is 128 Å². The van der Waals surface area contributed by atoms with Crippen LogP contribution in [0, 0.1) is 11.3 Å². The molecule has 0 bridgehead atoms. The molecule has 6 heteroatoms. The number of aliphatic carboxylic acids is 1. The summed E-state index contributed by atoms with van der Waals surface area (Å²) >= 11 is 6.00.